The number of halogens is 1. The molecule has 3 atom stereocenters. The third kappa shape index (κ3) is 5.74. The van der Waals surface area contributed by atoms with E-state index < -0.39 is 12.0 Å². The van der Waals surface area contributed by atoms with Crippen LogP contribution in [0.5, 0.6) is 0 Å². The lowest BCUT2D eigenvalue weighted by Gasteiger charge is -2.38. The predicted octanol–water partition coefficient (Wildman–Crippen LogP) is 3.16. The Bertz CT molecular complexity index is 874. The summed E-state index contributed by atoms with van der Waals surface area (Å²) in [4.78, 5) is 38.9. The van der Waals surface area contributed by atoms with E-state index in [-0.39, 0.29) is 41.5 Å². The molecule has 1 aliphatic carbocycles. The van der Waals surface area contributed by atoms with Crippen LogP contribution < -0.4 is 16.4 Å². The van der Waals surface area contributed by atoms with Gasteiger partial charge in [0.15, 0.2) is 0 Å². The second-order valence-electron chi connectivity index (χ2n) is 9.35. The molecule has 3 rings (SSSR count). The van der Waals surface area contributed by atoms with Crippen LogP contribution in [-0.4, -0.2) is 52.7 Å². The maximum absolute atomic E-state index is 14.0. The molecule has 2 fully saturated rings. The summed E-state index contributed by atoms with van der Waals surface area (Å²) in [5.74, 6) is -1.18. The SMILES string of the molecule is C[C@@H]1CCC[N+]1(C(=O)NCc1cc(Cl)ccc1CN)C(=O)[C@H](NCC(=O)O)C1CCCCC1. The van der Waals surface area contributed by atoms with Gasteiger partial charge in [-0.05, 0) is 48.9 Å². The fraction of sp³-hybridized carbons (Fsp3) is 0.625. The summed E-state index contributed by atoms with van der Waals surface area (Å²) in [6, 6.07) is 4.21. The van der Waals surface area contributed by atoms with Crippen molar-refractivity contribution in [2.45, 2.75) is 77.0 Å². The second kappa shape index (κ2) is 11.4. The first kappa shape index (κ1) is 25.6. The molecule has 1 aliphatic heterocycles. The van der Waals surface area contributed by atoms with Crippen LogP contribution in [-0.2, 0) is 22.7 Å². The lowest BCUT2D eigenvalue weighted by molar-refractivity contribution is -0.786. The first-order valence-electron chi connectivity index (χ1n) is 11.9. The fourth-order valence-corrected chi connectivity index (χ4v) is 5.64. The molecule has 182 valence electrons. The van der Waals surface area contributed by atoms with E-state index in [0.29, 0.717) is 18.1 Å². The Balaban J connectivity index is 1.85. The van der Waals surface area contributed by atoms with Gasteiger partial charge >= 0.3 is 17.9 Å². The van der Waals surface area contributed by atoms with Crippen LogP contribution in [0.25, 0.3) is 0 Å². The molecule has 8 nitrogen and oxygen atoms in total. The van der Waals surface area contributed by atoms with E-state index in [9.17, 15) is 19.5 Å². The molecule has 5 N–H and O–H groups in total. The van der Waals surface area contributed by atoms with E-state index in [1.165, 1.54) is 0 Å². The van der Waals surface area contributed by atoms with Gasteiger partial charge in [-0.15, -0.1) is 0 Å². The molecule has 0 aromatic heterocycles. The predicted molar refractivity (Wildman–Crippen MR) is 126 cm³/mol. The normalized spacial score (nSPS) is 24.4. The number of hydrogen-bond acceptors (Lipinski definition) is 5. The number of hydrogen-bond donors (Lipinski definition) is 4. The number of aliphatic carboxylic acids is 1. The Labute approximate surface area is 200 Å². The van der Waals surface area contributed by atoms with Gasteiger partial charge in [0.25, 0.3) is 0 Å². The molecular formula is C24H36ClN4O4+. The number of nitrogens with one attached hydrogen (secondary N) is 2. The first-order chi connectivity index (χ1) is 15.8. The standard InChI is InChI=1S/C24H35ClN4O4/c1-16-6-5-11-29(16,24(33)28-14-19-12-20(25)10-9-18(19)13-26)23(32)22(27-15-21(30)31)17-7-3-2-4-8-17/h9-10,12,16-17,22,27H,2-8,11,13-15,26H2,1H3,(H-,28,30,31,33)/p+1/t16-,22-,29?/m1/s1. The number of nitrogens with two attached hydrogens (primary N) is 1. The minimum Gasteiger partial charge on any atom is -0.480 e. The van der Waals surface area contributed by atoms with Crippen LogP contribution in [0.3, 0.4) is 0 Å². The number of imide groups is 1. The number of benzene rings is 1. The number of rotatable bonds is 8. The quantitative estimate of drug-likeness (QED) is 0.425. The van der Waals surface area contributed by atoms with Crippen LogP contribution in [0.1, 0.15) is 63.0 Å². The molecule has 1 saturated heterocycles. The Hall–Kier alpha value is -2.00. The maximum atomic E-state index is 14.0. The number of amides is 3. The molecular weight excluding hydrogens is 444 g/mol. The highest BCUT2D eigenvalue weighted by Crippen LogP contribution is 2.34. The van der Waals surface area contributed by atoms with E-state index in [1.54, 1.807) is 12.1 Å². The van der Waals surface area contributed by atoms with Crippen molar-refractivity contribution in [1.29, 1.82) is 0 Å². The van der Waals surface area contributed by atoms with Crippen molar-refractivity contribution < 1.29 is 24.0 Å². The Morgan fingerprint density at radius 3 is 2.48 bits per heavy atom. The van der Waals surface area contributed by atoms with Crippen molar-refractivity contribution in [2.24, 2.45) is 11.7 Å². The van der Waals surface area contributed by atoms with Gasteiger partial charge in [-0.2, -0.15) is 4.48 Å². The molecule has 0 radical (unpaired) electrons. The molecule has 33 heavy (non-hydrogen) atoms. The summed E-state index contributed by atoms with van der Waals surface area (Å²) in [5, 5.41) is 15.8. The molecule has 2 aliphatic rings. The molecule has 1 heterocycles. The van der Waals surface area contributed by atoms with E-state index in [2.05, 4.69) is 10.6 Å². The van der Waals surface area contributed by atoms with Gasteiger partial charge in [0.1, 0.15) is 12.1 Å². The molecule has 0 spiro atoms. The van der Waals surface area contributed by atoms with Crippen molar-refractivity contribution >= 4 is 29.5 Å². The zero-order valence-electron chi connectivity index (χ0n) is 19.3. The lowest BCUT2D eigenvalue weighted by Crippen LogP contribution is -2.68. The third-order valence-electron chi connectivity index (χ3n) is 7.32. The highest BCUT2D eigenvalue weighted by molar-refractivity contribution is 6.30. The number of carbonyl (C=O) groups is 3. The highest BCUT2D eigenvalue weighted by Gasteiger charge is 2.55. The number of urea groups is 1. The largest absolute Gasteiger partial charge is 0.480 e. The number of likely N-dealkylation sites (tertiary alicyclic amines) is 1. The number of carboxylic acids is 1. The van der Waals surface area contributed by atoms with Crippen molar-refractivity contribution in [3.05, 3.63) is 34.3 Å². The molecule has 1 saturated carbocycles. The number of carbonyl (C=O) groups excluding carboxylic acids is 2. The zero-order valence-corrected chi connectivity index (χ0v) is 20.1. The average molecular weight is 480 g/mol. The van der Waals surface area contributed by atoms with Gasteiger partial charge in [0, 0.05) is 31.0 Å². The lowest BCUT2D eigenvalue weighted by atomic mass is 9.83. The van der Waals surface area contributed by atoms with Crippen LogP contribution in [0.4, 0.5) is 4.79 Å². The summed E-state index contributed by atoms with van der Waals surface area (Å²) in [7, 11) is 0. The van der Waals surface area contributed by atoms with Crippen LogP contribution >= 0.6 is 11.6 Å². The molecule has 1 aromatic carbocycles. The second-order valence-corrected chi connectivity index (χ2v) is 9.78. The monoisotopic (exact) mass is 479 g/mol. The number of carboxylic acid groups (broad SMARTS) is 1. The van der Waals surface area contributed by atoms with Crippen LogP contribution in [0.2, 0.25) is 5.02 Å². The summed E-state index contributed by atoms with van der Waals surface area (Å²) in [5.41, 5.74) is 7.54. The minimum atomic E-state index is -1.01. The molecule has 9 heteroatoms. The summed E-state index contributed by atoms with van der Waals surface area (Å²) < 4.78 is -0.299. The van der Waals surface area contributed by atoms with Crippen LogP contribution in [0, 0.1) is 5.92 Å². The van der Waals surface area contributed by atoms with Gasteiger partial charge in [-0.3, -0.25) is 10.1 Å². The van der Waals surface area contributed by atoms with Gasteiger partial charge in [-0.1, -0.05) is 36.9 Å². The zero-order chi connectivity index (χ0) is 24.0. The minimum absolute atomic E-state index is 0.0398. The third-order valence-corrected chi connectivity index (χ3v) is 7.55. The van der Waals surface area contributed by atoms with Gasteiger partial charge in [0.2, 0.25) is 0 Å². The van der Waals surface area contributed by atoms with E-state index in [1.807, 2.05) is 13.0 Å². The molecule has 1 unspecified atom stereocenters. The number of nitrogens with zero attached hydrogens (tertiary/aromatic N) is 1. The van der Waals surface area contributed by atoms with Crippen molar-refractivity contribution in [3.63, 3.8) is 0 Å². The topological polar surface area (TPSA) is 122 Å². The smallest absolute Gasteiger partial charge is 0.424 e. The van der Waals surface area contributed by atoms with Crippen LogP contribution in [0.15, 0.2) is 18.2 Å². The van der Waals surface area contributed by atoms with Gasteiger partial charge in [-0.25, -0.2) is 9.59 Å². The summed E-state index contributed by atoms with van der Waals surface area (Å²) >= 11 is 6.14. The summed E-state index contributed by atoms with van der Waals surface area (Å²) in [6.45, 7) is 2.60. The van der Waals surface area contributed by atoms with Crippen molar-refractivity contribution in [1.82, 2.24) is 10.6 Å². The maximum Gasteiger partial charge on any atom is 0.424 e. The van der Waals surface area contributed by atoms with E-state index in [0.717, 1.165) is 56.1 Å². The van der Waals surface area contributed by atoms with Crippen molar-refractivity contribution in [3.8, 4) is 0 Å². The van der Waals surface area contributed by atoms with Crippen molar-refractivity contribution in [2.75, 3.05) is 13.1 Å². The molecule has 0 bridgehead atoms. The van der Waals surface area contributed by atoms with E-state index in [4.69, 9.17) is 17.3 Å². The Morgan fingerprint density at radius 2 is 1.88 bits per heavy atom. The summed E-state index contributed by atoms with van der Waals surface area (Å²) in [6.07, 6.45) is 6.41. The average Bonchev–Trinajstić information content (AvgIpc) is 3.20. The van der Waals surface area contributed by atoms with E-state index >= 15 is 0 Å². The first-order valence-corrected chi connectivity index (χ1v) is 12.3. The molecule has 3 amide bonds. The number of quaternary nitrogens is 1. The highest BCUT2D eigenvalue weighted by atomic mass is 35.5. The van der Waals surface area contributed by atoms with Gasteiger partial charge in [0.05, 0.1) is 13.1 Å². The Kier molecular flexibility index (Phi) is 8.87. The Morgan fingerprint density at radius 1 is 1.15 bits per heavy atom. The fourth-order valence-electron chi connectivity index (χ4n) is 5.44. The molecule has 1 aromatic rings. The van der Waals surface area contributed by atoms with Gasteiger partial charge < -0.3 is 16.2 Å².